The van der Waals surface area contributed by atoms with Gasteiger partial charge in [-0.15, -0.1) is 0 Å². The van der Waals surface area contributed by atoms with Crippen LogP contribution in [0.15, 0.2) is 30.5 Å². The molecule has 2 saturated heterocycles. The molecule has 2 amide bonds. The summed E-state index contributed by atoms with van der Waals surface area (Å²) in [7, 11) is 0. The highest BCUT2D eigenvalue weighted by Crippen LogP contribution is 2.39. The number of fused-ring (bicyclic) bond motifs is 2. The summed E-state index contributed by atoms with van der Waals surface area (Å²) in [4.78, 5) is 45.3. The first-order valence-electron chi connectivity index (χ1n) is 14.8. The monoisotopic (exact) mass is 545 g/mol. The molecule has 0 unspecified atom stereocenters. The van der Waals surface area contributed by atoms with Crippen LogP contribution in [0.5, 0.6) is 0 Å². The van der Waals surface area contributed by atoms with E-state index in [1.165, 1.54) is 0 Å². The first-order valence-corrected chi connectivity index (χ1v) is 14.8. The van der Waals surface area contributed by atoms with Crippen molar-refractivity contribution < 1.29 is 14.4 Å². The number of hydrogen-bond acceptors (Lipinski definition) is 6. The molecule has 40 heavy (non-hydrogen) atoms. The number of rotatable bonds is 10. The number of carbonyl (C=O) groups is 3. The molecule has 0 spiro atoms. The number of benzene rings is 1. The summed E-state index contributed by atoms with van der Waals surface area (Å²) >= 11 is 0. The van der Waals surface area contributed by atoms with Gasteiger partial charge in [-0.05, 0) is 87.1 Å². The van der Waals surface area contributed by atoms with Gasteiger partial charge in [0.1, 0.15) is 5.82 Å². The maximum absolute atomic E-state index is 13.6. The summed E-state index contributed by atoms with van der Waals surface area (Å²) in [6.07, 6.45) is 7.54. The van der Waals surface area contributed by atoms with E-state index in [4.69, 9.17) is 5.73 Å². The molecule has 8 nitrogen and oxygen atoms in total. The molecular formula is C32H43N5O3. The van der Waals surface area contributed by atoms with E-state index in [1.54, 1.807) is 18.3 Å². The predicted molar refractivity (Wildman–Crippen MR) is 158 cm³/mol. The zero-order valence-electron chi connectivity index (χ0n) is 24.4. The van der Waals surface area contributed by atoms with Crippen molar-refractivity contribution in [2.45, 2.75) is 97.3 Å². The van der Waals surface area contributed by atoms with E-state index < -0.39 is 5.91 Å². The quantitative estimate of drug-likeness (QED) is 0.358. The Bertz CT molecular complexity index is 1260. The maximum Gasteiger partial charge on any atom is 0.251 e. The number of piperidine rings is 1. The molecule has 3 atom stereocenters. The highest BCUT2D eigenvalue weighted by molar-refractivity contribution is 6.03. The average molecular weight is 546 g/mol. The topological polar surface area (TPSA) is 117 Å². The molecule has 5 rings (SSSR count). The molecule has 2 aromatic rings. The van der Waals surface area contributed by atoms with Crippen LogP contribution in [0, 0.1) is 24.7 Å². The van der Waals surface area contributed by atoms with E-state index >= 15 is 0 Å². The largest absolute Gasteiger partial charge is 0.381 e. The number of hydrogen-bond donors (Lipinski definition) is 3. The van der Waals surface area contributed by atoms with E-state index in [1.807, 2.05) is 19.1 Å². The standard InChI is InChI=1S/C32H43N5O3/c1-17(2)29(18(3)4)36-27-15-25(19(5)12-26(27)31(33)39)32(40)35-22-13-23-9-10-24(14-22)37(23)28-11-8-21(16-34-28)30(38)20-6-7-20/h8,11-12,15-18,20,22-24,29,36H,6-7,9-10,13-14H2,1-5H3,(H2,33,39)(H,35,40)/t22-,23+,24-. The van der Waals surface area contributed by atoms with Crippen LogP contribution in [0.25, 0.3) is 0 Å². The SMILES string of the molecule is Cc1cc(C(N)=O)c(NC(C(C)C)C(C)C)cc1C(=O)N[C@H]1C[C@H]2CC[C@@H](C1)N2c1ccc(C(=O)C2CC2)cn1. The Kier molecular flexibility index (Phi) is 7.89. The number of nitrogens with zero attached hydrogens (tertiary/aromatic N) is 2. The molecule has 0 radical (unpaired) electrons. The molecule has 2 aliphatic heterocycles. The van der Waals surface area contributed by atoms with Crippen LogP contribution in [-0.4, -0.2) is 46.7 Å². The fraction of sp³-hybridized carbons (Fsp3) is 0.562. The van der Waals surface area contributed by atoms with E-state index in [0.29, 0.717) is 46.3 Å². The number of aromatic nitrogens is 1. The predicted octanol–water partition coefficient (Wildman–Crippen LogP) is 5.10. The number of primary amides is 1. The zero-order chi connectivity index (χ0) is 28.7. The molecule has 2 bridgehead atoms. The lowest BCUT2D eigenvalue weighted by molar-refractivity contribution is 0.0923. The van der Waals surface area contributed by atoms with Crippen molar-refractivity contribution in [1.82, 2.24) is 10.3 Å². The molecule has 3 fully saturated rings. The van der Waals surface area contributed by atoms with Crippen molar-refractivity contribution in [2.75, 3.05) is 10.2 Å². The fourth-order valence-corrected chi connectivity index (χ4v) is 6.76. The van der Waals surface area contributed by atoms with Crippen LogP contribution in [0.4, 0.5) is 11.5 Å². The highest BCUT2D eigenvalue weighted by atomic mass is 16.2. The normalized spacial score (nSPS) is 22.2. The van der Waals surface area contributed by atoms with Crippen molar-refractivity contribution in [2.24, 2.45) is 23.5 Å². The van der Waals surface area contributed by atoms with Crippen LogP contribution in [0.3, 0.4) is 0 Å². The molecule has 1 aromatic carbocycles. The van der Waals surface area contributed by atoms with Gasteiger partial charge in [-0.2, -0.15) is 0 Å². The maximum atomic E-state index is 13.6. The Hall–Kier alpha value is -3.42. The average Bonchev–Trinajstić information content (AvgIpc) is 3.71. The molecule has 8 heteroatoms. The first kappa shape index (κ1) is 28.1. The van der Waals surface area contributed by atoms with E-state index in [0.717, 1.165) is 49.9 Å². The summed E-state index contributed by atoms with van der Waals surface area (Å²) in [6.45, 7) is 10.4. The number of nitrogens with one attached hydrogen (secondary N) is 2. The molecular weight excluding hydrogens is 502 g/mol. The Balaban J connectivity index is 1.29. The van der Waals surface area contributed by atoms with Gasteiger partial charge in [-0.25, -0.2) is 4.98 Å². The molecule has 1 aliphatic carbocycles. The molecule has 3 aliphatic rings. The number of anilines is 2. The Morgan fingerprint density at radius 3 is 2.12 bits per heavy atom. The second-order valence-corrected chi connectivity index (χ2v) is 12.7. The van der Waals surface area contributed by atoms with Crippen LogP contribution in [0.1, 0.15) is 103 Å². The van der Waals surface area contributed by atoms with E-state index in [-0.39, 0.29) is 29.7 Å². The van der Waals surface area contributed by atoms with Crippen molar-refractivity contribution in [3.8, 4) is 0 Å². The van der Waals surface area contributed by atoms with Crippen molar-refractivity contribution in [3.63, 3.8) is 0 Å². The molecule has 3 heterocycles. The Morgan fingerprint density at radius 2 is 1.60 bits per heavy atom. The number of amides is 2. The second-order valence-electron chi connectivity index (χ2n) is 12.7. The van der Waals surface area contributed by atoms with Gasteiger partial charge in [0.25, 0.3) is 11.8 Å². The lowest BCUT2D eigenvalue weighted by Gasteiger charge is -2.40. The second kappa shape index (κ2) is 11.2. The number of nitrogens with two attached hydrogens (primary N) is 1. The lowest BCUT2D eigenvalue weighted by atomic mass is 9.92. The Morgan fingerprint density at radius 1 is 0.950 bits per heavy atom. The first-order chi connectivity index (χ1) is 19.0. The third kappa shape index (κ3) is 5.72. The van der Waals surface area contributed by atoms with Gasteiger partial charge in [0.15, 0.2) is 5.78 Å². The minimum absolute atomic E-state index is 0.0580. The van der Waals surface area contributed by atoms with Crippen LogP contribution < -0.4 is 21.3 Å². The van der Waals surface area contributed by atoms with Gasteiger partial charge in [0.2, 0.25) is 0 Å². The third-order valence-corrected chi connectivity index (χ3v) is 8.95. The molecule has 214 valence electrons. The number of ketones is 1. The van der Waals surface area contributed by atoms with E-state index in [2.05, 4.69) is 48.2 Å². The molecule has 4 N–H and O–H groups in total. The zero-order valence-corrected chi connectivity index (χ0v) is 24.4. The van der Waals surface area contributed by atoms with Crippen molar-refractivity contribution in [3.05, 3.63) is 52.7 Å². The van der Waals surface area contributed by atoms with Gasteiger partial charge in [0, 0.05) is 53.1 Å². The summed E-state index contributed by atoms with van der Waals surface area (Å²) in [5, 5.41) is 6.80. The number of pyridine rings is 1. The molecule has 1 saturated carbocycles. The summed E-state index contributed by atoms with van der Waals surface area (Å²) in [6, 6.07) is 8.22. The highest BCUT2D eigenvalue weighted by Gasteiger charge is 2.42. The smallest absolute Gasteiger partial charge is 0.251 e. The number of carbonyl (C=O) groups excluding carboxylic acids is 3. The van der Waals surface area contributed by atoms with Crippen molar-refractivity contribution >= 4 is 29.1 Å². The van der Waals surface area contributed by atoms with Gasteiger partial charge in [-0.1, -0.05) is 27.7 Å². The minimum atomic E-state index is -0.508. The summed E-state index contributed by atoms with van der Waals surface area (Å²) in [5.41, 5.74) is 8.74. The summed E-state index contributed by atoms with van der Waals surface area (Å²) < 4.78 is 0. The lowest BCUT2D eigenvalue weighted by Crippen LogP contribution is -2.50. The molecule has 1 aromatic heterocycles. The van der Waals surface area contributed by atoms with Gasteiger partial charge in [0.05, 0.1) is 5.56 Å². The van der Waals surface area contributed by atoms with E-state index in [9.17, 15) is 14.4 Å². The van der Waals surface area contributed by atoms with Crippen molar-refractivity contribution in [1.29, 1.82) is 0 Å². The van der Waals surface area contributed by atoms with Gasteiger partial charge >= 0.3 is 0 Å². The van der Waals surface area contributed by atoms with Crippen LogP contribution in [-0.2, 0) is 0 Å². The number of Topliss-reactive ketones (excluding diaryl/α,β-unsaturated/α-hetero) is 1. The summed E-state index contributed by atoms with van der Waals surface area (Å²) in [5.74, 6) is 1.37. The Labute approximate surface area is 237 Å². The fourth-order valence-electron chi connectivity index (χ4n) is 6.76. The minimum Gasteiger partial charge on any atom is -0.381 e. The van der Waals surface area contributed by atoms with Gasteiger partial charge < -0.3 is 21.3 Å². The van der Waals surface area contributed by atoms with Crippen LogP contribution in [0.2, 0.25) is 0 Å². The number of aryl methyl sites for hydroxylation is 1. The van der Waals surface area contributed by atoms with Gasteiger partial charge in [-0.3, -0.25) is 14.4 Å². The van der Waals surface area contributed by atoms with Crippen LogP contribution >= 0.6 is 0 Å². The third-order valence-electron chi connectivity index (χ3n) is 8.95.